The van der Waals surface area contributed by atoms with Gasteiger partial charge in [-0.25, -0.2) is 24.1 Å². The van der Waals surface area contributed by atoms with Gasteiger partial charge in [-0.3, -0.25) is 4.90 Å². The molecule has 5 aromatic rings. The highest BCUT2D eigenvalue weighted by atomic mass is 35.5. The van der Waals surface area contributed by atoms with Crippen molar-refractivity contribution in [1.82, 2.24) is 29.0 Å². The van der Waals surface area contributed by atoms with Crippen LogP contribution in [0.15, 0.2) is 61.1 Å². The Morgan fingerprint density at radius 2 is 1.89 bits per heavy atom. The first kappa shape index (κ1) is 30.2. The molecule has 1 saturated heterocycles. The molecule has 1 unspecified atom stereocenters. The predicted octanol–water partition coefficient (Wildman–Crippen LogP) is 5.71. The molecule has 10 nitrogen and oxygen atoms in total. The molecule has 1 aliphatic carbocycles. The summed E-state index contributed by atoms with van der Waals surface area (Å²) in [5.74, 6) is 2.39. The monoisotopic (exact) mass is 644 g/mol. The summed E-state index contributed by atoms with van der Waals surface area (Å²) in [6, 6.07) is 13.9. The maximum absolute atomic E-state index is 14.2. The summed E-state index contributed by atoms with van der Waals surface area (Å²) in [5.41, 5.74) is 4.39. The number of hydrogen-bond acceptors (Lipinski definition) is 8. The number of imidazole rings is 2. The summed E-state index contributed by atoms with van der Waals surface area (Å²) in [5, 5.41) is 0.351. The topological polar surface area (TPSA) is 96.5 Å². The summed E-state index contributed by atoms with van der Waals surface area (Å²) in [6.45, 7) is 5.99. The van der Waals surface area contributed by atoms with E-state index >= 15 is 0 Å². The number of aromatic nitrogens is 5. The molecule has 12 heteroatoms. The predicted molar refractivity (Wildman–Crippen MR) is 170 cm³/mol. The number of aryl methyl sites for hydroxylation is 1. The minimum absolute atomic E-state index is 0.0801. The van der Waals surface area contributed by atoms with E-state index in [4.69, 9.17) is 35.8 Å². The number of rotatable bonds is 11. The highest BCUT2D eigenvalue weighted by Gasteiger charge is 2.57. The molecule has 3 aromatic heterocycles. The summed E-state index contributed by atoms with van der Waals surface area (Å²) in [6.07, 6.45) is 3.69. The molecule has 238 valence electrons. The number of halogens is 2. The third kappa shape index (κ3) is 5.69. The molecule has 3 atom stereocenters. The van der Waals surface area contributed by atoms with Crippen molar-refractivity contribution in [2.75, 3.05) is 27.3 Å². The normalized spacial score (nSPS) is 18.9. The second kappa shape index (κ2) is 12.4. The first-order chi connectivity index (χ1) is 22.4. The van der Waals surface area contributed by atoms with Crippen LogP contribution in [0.1, 0.15) is 46.0 Å². The second-order valence-corrected chi connectivity index (χ2v) is 12.2. The molecule has 0 spiro atoms. The molecule has 46 heavy (non-hydrogen) atoms. The van der Waals surface area contributed by atoms with Crippen molar-refractivity contribution in [2.24, 2.45) is 11.8 Å². The summed E-state index contributed by atoms with van der Waals surface area (Å²) in [4.78, 5) is 29.1. The van der Waals surface area contributed by atoms with Gasteiger partial charge in [-0.05, 0) is 49.1 Å². The summed E-state index contributed by atoms with van der Waals surface area (Å²) >= 11 is 5.87. The lowest BCUT2D eigenvalue weighted by atomic mass is 10.1. The van der Waals surface area contributed by atoms with Crippen LogP contribution in [0, 0.1) is 17.7 Å². The van der Waals surface area contributed by atoms with Crippen LogP contribution in [0.3, 0.4) is 0 Å². The highest BCUT2D eigenvalue weighted by molar-refractivity contribution is 6.30. The number of nitrogens with zero attached hydrogens (tertiary/aromatic N) is 6. The molecule has 1 saturated carbocycles. The summed E-state index contributed by atoms with van der Waals surface area (Å²) < 4.78 is 35.0. The standard InChI is InChI=1S/C34H34ClFN6O4/c1-4-41-19-37-13-23(41)14-42-28-10-21(34(43)45-3)11-29(44-2)33(28)39-30(42)17-40-15-24-25(16-40)32(24)27-6-5-7-31(38-27)46-18-20-8-9-22(35)12-26(20)36/h5-13,19,24-25,32H,4,14-18H2,1-3H3/t24-,25+,32?. The van der Waals surface area contributed by atoms with Gasteiger partial charge in [0.25, 0.3) is 0 Å². The average Bonchev–Trinajstić information content (AvgIpc) is 3.40. The number of piperidine rings is 1. The molecule has 0 amide bonds. The van der Waals surface area contributed by atoms with E-state index in [-0.39, 0.29) is 6.61 Å². The van der Waals surface area contributed by atoms with Gasteiger partial charge in [0, 0.05) is 54.1 Å². The fraction of sp³-hybridized carbons (Fsp3) is 0.353. The van der Waals surface area contributed by atoms with Crippen LogP contribution in [-0.2, 0) is 31.0 Å². The van der Waals surface area contributed by atoms with E-state index in [2.05, 4.69) is 25.9 Å². The minimum atomic E-state index is -0.431. The van der Waals surface area contributed by atoms with Crippen molar-refractivity contribution in [3.63, 3.8) is 0 Å². The van der Waals surface area contributed by atoms with E-state index in [1.165, 1.54) is 13.2 Å². The van der Waals surface area contributed by atoms with Gasteiger partial charge in [0.2, 0.25) is 5.88 Å². The van der Waals surface area contributed by atoms with Gasteiger partial charge in [0.15, 0.2) is 0 Å². The first-order valence-corrected chi connectivity index (χ1v) is 15.6. The van der Waals surface area contributed by atoms with Crippen LogP contribution in [0.25, 0.3) is 11.0 Å². The lowest BCUT2D eigenvalue weighted by Gasteiger charge is -2.20. The molecule has 0 bridgehead atoms. The molecule has 7 rings (SSSR count). The Labute approximate surface area is 270 Å². The van der Waals surface area contributed by atoms with Crippen LogP contribution in [0.4, 0.5) is 4.39 Å². The minimum Gasteiger partial charge on any atom is -0.494 e. The van der Waals surface area contributed by atoms with Gasteiger partial charge in [-0.2, -0.15) is 0 Å². The number of carbonyl (C=O) groups is 1. The van der Waals surface area contributed by atoms with Gasteiger partial charge in [-0.1, -0.05) is 23.7 Å². The zero-order valence-electron chi connectivity index (χ0n) is 25.8. The number of fused-ring (bicyclic) bond motifs is 2. The van der Waals surface area contributed by atoms with E-state index in [0.717, 1.165) is 42.4 Å². The van der Waals surface area contributed by atoms with E-state index in [0.29, 0.717) is 64.1 Å². The average molecular weight is 645 g/mol. The molecular formula is C34H34ClFN6O4. The Hall–Kier alpha value is -4.48. The fourth-order valence-corrected chi connectivity index (χ4v) is 6.88. The van der Waals surface area contributed by atoms with Crippen LogP contribution in [0.2, 0.25) is 5.02 Å². The van der Waals surface area contributed by atoms with Gasteiger partial charge in [0.1, 0.15) is 29.5 Å². The molecule has 0 radical (unpaired) electrons. The fourth-order valence-electron chi connectivity index (χ4n) is 6.72. The van der Waals surface area contributed by atoms with Crippen molar-refractivity contribution in [1.29, 1.82) is 0 Å². The molecule has 2 fully saturated rings. The second-order valence-electron chi connectivity index (χ2n) is 11.8. The van der Waals surface area contributed by atoms with E-state index < -0.39 is 11.8 Å². The smallest absolute Gasteiger partial charge is 0.338 e. The van der Waals surface area contributed by atoms with Crippen LogP contribution in [0.5, 0.6) is 11.6 Å². The largest absolute Gasteiger partial charge is 0.494 e. The SMILES string of the molecule is CCn1cncc1Cn1c(CN2C[C@@H]3C(c4cccc(OCc5ccc(Cl)cc5F)n4)[C@@H]3C2)nc2c(OC)cc(C(=O)OC)cc21. The Bertz CT molecular complexity index is 1910. The van der Waals surface area contributed by atoms with Crippen molar-refractivity contribution >= 4 is 28.6 Å². The number of likely N-dealkylation sites (tertiary alicyclic amines) is 1. The molecule has 2 aromatic carbocycles. The Kier molecular flexibility index (Phi) is 8.12. The Morgan fingerprint density at radius 3 is 2.63 bits per heavy atom. The number of benzene rings is 2. The number of methoxy groups -OCH3 is 2. The van der Waals surface area contributed by atoms with Crippen molar-refractivity contribution in [2.45, 2.75) is 39.1 Å². The van der Waals surface area contributed by atoms with Gasteiger partial charge in [-0.15, -0.1) is 0 Å². The lowest BCUT2D eigenvalue weighted by Crippen LogP contribution is -2.26. The number of carbonyl (C=O) groups excluding carboxylic acids is 1. The summed E-state index contributed by atoms with van der Waals surface area (Å²) in [7, 11) is 2.95. The molecule has 0 N–H and O–H groups in total. The van der Waals surface area contributed by atoms with Gasteiger partial charge < -0.3 is 23.3 Å². The number of esters is 1. The molecule has 2 aliphatic rings. The van der Waals surface area contributed by atoms with Crippen molar-refractivity contribution < 1.29 is 23.4 Å². The number of pyridine rings is 1. The van der Waals surface area contributed by atoms with E-state index in [1.54, 1.807) is 31.4 Å². The van der Waals surface area contributed by atoms with Crippen LogP contribution >= 0.6 is 11.6 Å². The van der Waals surface area contributed by atoms with E-state index in [9.17, 15) is 9.18 Å². The lowest BCUT2D eigenvalue weighted by molar-refractivity contribution is 0.0600. The maximum Gasteiger partial charge on any atom is 0.338 e. The number of ether oxygens (including phenoxy) is 3. The Balaban J connectivity index is 1.09. The van der Waals surface area contributed by atoms with E-state index in [1.807, 2.05) is 30.7 Å². The Morgan fingerprint density at radius 1 is 1.07 bits per heavy atom. The quantitative estimate of drug-likeness (QED) is 0.169. The third-order valence-corrected chi connectivity index (χ3v) is 9.35. The zero-order valence-corrected chi connectivity index (χ0v) is 26.6. The number of hydrogen-bond donors (Lipinski definition) is 0. The first-order valence-electron chi connectivity index (χ1n) is 15.3. The maximum atomic E-state index is 14.2. The van der Waals surface area contributed by atoms with Crippen molar-refractivity contribution in [3.05, 3.63) is 100 Å². The van der Waals surface area contributed by atoms with Gasteiger partial charge >= 0.3 is 5.97 Å². The van der Waals surface area contributed by atoms with Gasteiger partial charge in [0.05, 0.1) is 50.4 Å². The van der Waals surface area contributed by atoms with Crippen LogP contribution < -0.4 is 9.47 Å². The molecule has 4 heterocycles. The van der Waals surface area contributed by atoms with Crippen molar-refractivity contribution in [3.8, 4) is 11.6 Å². The molecular weight excluding hydrogens is 611 g/mol. The third-order valence-electron chi connectivity index (χ3n) is 9.11. The molecule has 1 aliphatic heterocycles. The zero-order chi connectivity index (χ0) is 31.9. The highest BCUT2D eigenvalue weighted by Crippen LogP contribution is 2.58. The van der Waals surface area contributed by atoms with Crippen LogP contribution in [-0.4, -0.2) is 62.3 Å².